The van der Waals surface area contributed by atoms with Crippen molar-refractivity contribution < 1.29 is 18.0 Å². The molecule has 19 heavy (non-hydrogen) atoms. The first-order valence-corrected chi connectivity index (χ1v) is 5.35. The van der Waals surface area contributed by atoms with E-state index in [9.17, 15) is 18.0 Å². The first kappa shape index (κ1) is 13.1. The van der Waals surface area contributed by atoms with Gasteiger partial charge in [0.05, 0.1) is 0 Å². The van der Waals surface area contributed by atoms with Gasteiger partial charge in [0.2, 0.25) is 0 Å². The predicted octanol–water partition coefficient (Wildman–Crippen LogP) is 2.12. The lowest BCUT2D eigenvalue weighted by Gasteiger charge is -2.23. The number of carbonyl (C=O) groups excluding carboxylic acids is 1. The van der Waals surface area contributed by atoms with Gasteiger partial charge in [-0.25, -0.2) is 18.0 Å². The van der Waals surface area contributed by atoms with E-state index in [1.54, 1.807) is 0 Å². The third kappa shape index (κ3) is 2.18. The van der Waals surface area contributed by atoms with Gasteiger partial charge in [0.25, 0.3) is 0 Å². The molecule has 0 aliphatic carbocycles. The van der Waals surface area contributed by atoms with Crippen LogP contribution >= 0.6 is 0 Å². The van der Waals surface area contributed by atoms with Gasteiger partial charge in [0, 0.05) is 18.2 Å². The van der Waals surface area contributed by atoms with Gasteiger partial charge in [-0.05, 0) is 6.07 Å². The summed E-state index contributed by atoms with van der Waals surface area (Å²) >= 11 is 0. The summed E-state index contributed by atoms with van der Waals surface area (Å²) < 4.78 is 39.8. The van der Waals surface area contributed by atoms with E-state index in [0.717, 1.165) is 4.90 Å². The lowest BCUT2D eigenvalue weighted by Crippen LogP contribution is -2.34. The maximum atomic E-state index is 13.7. The highest BCUT2D eigenvalue weighted by molar-refractivity contribution is 6.03. The Kier molecular flexibility index (Phi) is 3.28. The fourth-order valence-electron chi connectivity index (χ4n) is 1.90. The molecule has 1 atom stereocenters. The number of amides is 2. The summed E-state index contributed by atoms with van der Waals surface area (Å²) in [6.45, 7) is 3.51. The number of hydrogen-bond acceptors (Lipinski definition) is 2. The number of halogens is 3. The molecule has 7 heteroatoms. The van der Waals surface area contributed by atoms with Crippen molar-refractivity contribution in [2.45, 2.75) is 6.04 Å². The molecule has 0 spiro atoms. The monoisotopic (exact) mass is 269 g/mol. The Hall–Kier alpha value is -2.31. The molecular formula is C12H10F3N3O. The molecule has 1 aliphatic heterocycles. The van der Waals surface area contributed by atoms with Crippen LogP contribution in [0.15, 0.2) is 29.8 Å². The minimum absolute atomic E-state index is 0.0616. The number of amidine groups is 1. The van der Waals surface area contributed by atoms with Crippen LogP contribution < -0.4 is 5.73 Å². The van der Waals surface area contributed by atoms with Crippen molar-refractivity contribution in [1.82, 2.24) is 4.90 Å². The van der Waals surface area contributed by atoms with Gasteiger partial charge in [0.1, 0.15) is 17.7 Å². The number of nitrogens with zero attached hydrogens (tertiary/aromatic N) is 2. The van der Waals surface area contributed by atoms with Crippen LogP contribution in [-0.2, 0) is 0 Å². The third-order valence-electron chi connectivity index (χ3n) is 2.72. The molecule has 4 nitrogen and oxygen atoms in total. The Morgan fingerprint density at radius 1 is 1.32 bits per heavy atom. The Bertz CT molecular complexity index is 586. The van der Waals surface area contributed by atoms with Crippen molar-refractivity contribution in [3.63, 3.8) is 0 Å². The lowest BCUT2D eigenvalue weighted by atomic mass is 10.0. The maximum absolute atomic E-state index is 13.7. The second-order valence-corrected chi connectivity index (χ2v) is 3.95. The number of aliphatic imine (C=N–C) groups is 1. The van der Waals surface area contributed by atoms with Gasteiger partial charge in [-0.2, -0.15) is 4.99 Å². The molecule has 0 aromatic heterocycles. The van der Waals surface area contributed by atoms with Crippen molar-refractivity contribution in [3.05, 3.63) is 47.8 Å². The zero-order chi connectivity index (χ0) is 14.2. The van der Waals surface area contributed by atoms with E-state index in [0.29, 0.717) is 12.1 Å². The van der Waals surface area contributed by atoms with E-state index in [1.807, 2.05) is 0 Å². The molecule has 1 aliphatic rings. The molecular weight excluding hydrogens is 259 g/mol. The van der Waals surface area contributed by atoms with Crippen LogP contribution in [0.1, 0.15) is 11.6 Å². The largest absolute Gasteiger partial charge is 0.385 e. The SMILES string of the molecule is C=CCN1C(=O)N=C(N)C1c1cc(F)c(F)cc1F. The topological polar surface area (TPSA) is 58.7 Å². The molecule has 0 saturated heterocycles. The van der Waals surface area contributed by atoms with E-state index in [2.05, 4.69) is 11.6 Å². The fourth-order valence-corrected chi connectivity index (χ4v) is 1.90. The summed E-state index contributed by atoms with van der Waals surface area (Å²) in [6.07, 6.45) is 1.40. The minimum Gasteiger partial charge on any atom is -0.385 e. The fraction of sp³-hybridized carbons (Fsp3) is 0.167. The lowest BCUT2D eigenvalue weighted by molar-refractivity contribution is 0.212. The smallest absolute Gasteiger partial charge is 0.346 e. The molecule has 0 fully saturated rings. The van der Waals surface area contributed by atoms with E-state index in [-0.39, 0.29) is 17.9 Å². The van der Waals surface area contributed by atoms with Crippen LogP contribution in [-0.4, -0.2) is 23.3 Å². The van der Waals surface area contributed by atoms with Crippen LogP contribution in [0.4, 0.5) is 18.0 Å². The van der Waals surface area contributed by atoms with Gasteiger partial charge < -0.3 is 10.6 Å². The number of carbonyl (C=O) groups is 1. The maximum Gasteiger partial charge on any atom is 0.346 e. The molecule has 2 rings (SSSR count). The number of nitrogens with two attached hydrogens (primary N) is 1. The Labute approximate surface area is 107 Å². The summed E-state index contributed by atoms with van der Waals surface area (Å²) in [4.78, 5) is 16.1. The van der Waals surface area contributed by atoms with E-state index >= 15 is 0 Å². The third-order valence-corrected chi connectivity index (χ3v) is 2.72. The molecule has 1 unspecified atom stereocenters. The minimum atomic E-state index is -1.31. The Morgan fingerprint density at radius 3 is 2.58 bits per heavy atom. The zero-order valence-electron chi connectivity index (χ0n) is 9.74. The highest BCUT2D eigenvalue weighted by Gasteiger charge is 2.36. The second kappa shape index (κ2) is 4.75. The molecule has 0 bridgehead atoms. The number of rotatable bonds is 3. The van der Waals surface area contributed by atoms with Crippen LogP contribution in [0, 0.1) is 17.5 Å². The average molecular weight is 269 g/mol. The van der Waals surface area contributed by atoms with Crippen LogP contribution in [0.3, 0.4) is 0 Å². The number of hydrogen-bond donors (Lipinski definition) is 1. The van der Waals surface area contributed by atoms with Crippen molar-refractivity contribution in [1.29, 1.82) is 0 Å². The van der Waals surface area contributed by atoms with Gasteiger partial charge in [-0.15, -0.1) is 6.58 Å². The van der Waals surface area contributed by atoms with Gasteiger partial charge in [0.15, 0.2) is 11.6 Å². The summed E-state index contributed by atoms with van der Waals surface area (Å²) in [7, 11) is 0. The normalized spacial score (nSPS) is 18.7. The molecule has 1 aromatic rings. The average Bonchev–Trinajstić information content (AvgIpc) is 2.60. The first-order chi connectivity index (χ1) is 8.95. The number of benzene rings is 1. The number of urea groups is 1. The van der Waals surface area contributed by atoms with E-state index < -0.39 is 29.5 Å². The quantitative estimate of drug-likeness (QED) is 0.675. The van der Waals surface area contributed by atoms with Crippen molar-refractivity contribution in [3.8, 4) is 0 Å². The molecule has 1 aromatic carbocycles. The summed E-state index contributed by atoms with van der Waals surface area (Å²) in [5, 5.41) is 0. The molecule has 100 valence electrons. The van der Waals surface area contributed by atoms with Crippen molar-refractivity contribution in [2.75, 3.05) is 6.54 Å². The molecule has 1 heterocycles. The summed E-state index contributed by atoms with van der Waals surface area (Å²) in [5.74, 6) is -3.69. The van der Waals surface area contributed by atoms with E-state index in [1.165, 1.54) is 6.08 Å². The standard InChI is InChI=1S/C12H10F3N3O/c1-2-3-18-10(11(16)17-12(18)19)6-4-8(14)9(15)5-7(6)13/h2,4-5,10H,1,3H2,(H2,16,17,19). The van der Waals surface area contributed by atoms with Crippen molar-refractivity contribution >= 4 is 11.9 Å². The Balaban J connectivity index is 2.50. The van der Waals surface area contributed by atoms with Gasteiger partial charge in [-0.1, -0.05) is 6.08 Å². The van der Waals surface area contributed by atoms with Gasteiger partial charge >= 0.3 is 6.03 Å². The predicted molar refractivity (Wildman–Crippen MR) is 63.0 cm³/mol. The highest BCUT2D eigenvalue weighted by Crippen LogP contribution is 2.29. The molecule has 0 radical (unpaired) electrons. The highest BCUT2D eigenvalue weighted by atomic mass is 19.2. The summed E-state index contributed by atoms with van der Waals surface area (Å²) in [5.41, 5.74) is 5.31. The van der Waals surface area contributed by atoms with E-state index in [4.69, 9.17) is 5.73 Å². The van der Waals surface area contributed by atoms with Crippen LogP contribution in [0.25, 0.3) is 0 Å². The molecule has 0 saturated carbocycles. The van der Waals surface area contributed by atoms with Crippen LogP contribution in [0.2, 0.25) is 0 Å². The van der Waals surface area contributed by atoms with Gasteiger partial charge in [-0.3, -0.25) is 0 Å². The Morgan fingerprint density at radius 2 is 1.95 bits per heavy atom. The molecule has 2 amide bonds. The zero-order valence-corrected chi connectivity index (χ0v) is 9.74. The first-order valence-electron chi connectivity index (χ1n) is 5.35. The van der Waals surface area contributed by atoms with Crippen molar-refractivity contribution in [2.24, 2.45) is 10.7 Å². The second-order valence-electron chi connectivity index (χ2n) is 3.95. The van der Waals surface area contributed by atoms with Crippen LogP contribution in [0.5, 0.6) is 0 Å². The molecule has 2 N–H and O–H groups in total. The summed E-state index contributed by atoms with van der Waals surface area (Å²) in [6, 6.07) is -0.647.